The van der Waals surface area contributed by atoms with Gasteiger partial charge in [0.1, 0.15) is 35.9 Å². The number of hydrogen-bond acceptors (Lipinski definition) is 9. The third-order valence-electron chi connectivity index (χ3n) is 7.26. The fourth-order valence-corrected chi connectivity index (χ4v) is 5.32. The number of fused-ring (bicyclic) bond motifs is 4. The number of halogens is 3. The number of ether oxygens (including phenoxy) is 2. The molecule has 1 saturated heterocycles. The number of methoxy groups -OCH3 is 1. The van der Waals surface area contributed by atoms with Gasteiger partial charge < -0.3 is 35.3 Å². The van der Waals surface area contributed by atoms with E-state index >= 15 is 0 Å². The van der Waals surface area contributed by atoms with Gasteiger partial charge in [-0.05, 0) is 24.3 Å². The molecule has 0 radical (unpaired) electrons. The summed E-state index contributed by atoms with van der Waals surface area (Å²) in [5.41, 5.74) is 6.97. The lowest BCUT2D eigenvalue weighted by Crippen LogP contribution is -2.38. The first-order valence-corrected chi connectivity index (χ1v) is 12.5. The lowest BCUT2D eigenvalue weighted by molar-refractivity contribution is -0.137. The molecule has 1 fully saturated rings. The number of nitrogens with one attached hydrogen (secondary N) is 1. The molecule has 14 heteroatoms. The third-order valence-corrected chi connectivity index (χ3v) is 7.26. The molecule has 0 aliphatic carbocycles. The van der Waals surface area contributed by atoms with E-state index < -0.39 is 36.3 Å². The quantitative estimate of drug-likeness (QED) is 0.222. The highest BCUT2D eigenvalue weighted by molar-refractivity contribution is 6.11. The van der Waals surface area contributed by atoms with Crippen LogP contribution in [0.25, 0.3) is 33.0 Å². The second kappa shape index (κ2) is 9.89. The largest absolute Gasteiger partial charge is 0.496 e. The second-order valence-corrected chi connectivity index (χ2v) is 9.57. The number of nitrogens with two attached hydrogens (primary N) is 1. The number of benzene rings is 2. The Kier molecular flexibility index (Phi) is 6.49. The second-order valence-electron chi connectivity index (χ2n) is 9.57. The summed E-state index contributed by atoms with van der Waals surface area (Å²) in [4.78, 5) is 12.2. The zero-order valence-corrected chi connectivity index (χ0v) is 21.2. The van der Waals surface area contributed by atoms with Gasteiger partial charge in [-0.25, -0.2) is 15.0 Å². The van der Waals surface area contributed by atoms with Gasteiger partial charge in [-0.3, -0.25) is 4.57 Å². The van der Waals surface area contributed by atoms with Crippen molar-refractivity contribution in [3.05, 3.63) is 54.6 Å². The summed E-state index contributed by atoms with van der Waals surface area (Å²) >= 11 is 0. The summed E-state index contributed by atoms with van der Waals surface area (Å²) in [6.07, 6.45) is -5.99. The van der Waals surface area contributed by atoms with Gasteiger partial charge in [-0.1, -0.05) is 12.1 Å². The van der Waals surface area contributed by atoms with Gasteiger partial charge in [0.2, 0.25) is 0 Å². The van der Waals surface area contributed by atoms with E-state index in [2.05, 4.69) is 20.3 Å². The highest BCUT2D eigenvalue weighted by Crippen LogP contribution is 2.39. The number of nitrogen functional groups attached to an aromatic ring is 1. The van der Waals surface area contributed by atoms with Crippen LogP contribution in [-0.4, -0.2) is 72.8 Å². The van der Waals surface area contributed by atoms with Crippen LogP contribution in [0, 0.1) is 0 Å². The minimum Gasteiger partial charge on any atom is -0.496 e. The molecule has 5 N–H and O–H groups in total. The van der Waals surface area contributed by atoms with Crippen LogP contribution in [0.5, 0.6) is 5.75 Å². The van der Waals surface area contributed by atoms with Crippen molar-refractivity contribution in [2.75, 3.05) is 25.9 Å². The molecule has 4 heterocycles. The number of aliphatic hydroxyl groups excluding tert-OH is 2. The van der Waals surface area contributed by atoms with Crippen LogP contribution in [-0.2, 0) is 17.5 Å². The van der Waals surface area contributed by atoms with E-state index in [4.69, 9.17) is 15.2 Å². The number of rotatable bonds is 7. The van der Waals surface area contributed by atoms with Crippen molar-refractivity contribution in [1.29, 1.82) is 0 Å². The average Bonchev–Trinajstić information content (AvgIpc) is 3.59. The molecule has 0 saturated carbocycles. The van der Waals surface area contributed by atoms with Crippen molar-refractivity contribution >= 4 is 38.8 Å². The predicted octanol–water partition coefficient (Wildman–Crippen LogP) is 2.45. The number of nitrogens with zero attached hydrogens (tertiary/aromatic N) is 5. The Bertz CT molecular complexity index is 1700. The van der Waals surface area contributed by atoms with E-state index in [0.717, 1.165) is 23.0 Å². The molecular weight excluding hydrogens is 531 g/mol. The molecule has 1 aliphatic heterocycles. The van der Waals surface area contributed by atoms with Crippen molar-refractivity contribution in [2.24, 2.45) is 0 Å². The Hall–Kier alpha value is -3.98. The maximum Gasteiger partial charge on any atom is 0.416 e. The SMILES string of the molecule is COc1cccc2c1c1ccc(C(F)(F)F)cc1n2CCNCC1OC(n2cnc3c(N)ncnc32)C(O)C1O. The van der Waals surface area contributed by atoms with E-state index in [1.165, 1.54) is 30.4 Å². The van der Waals surface area contributed by atoms with E-state index in [-0.39, 0.29) is 12.4 Å². The van der Waals surface area contributed by atoms with Gasteiger partial charge in [0, 0.05) is 35.9 Å². The van der Waals surface area contributed by atoms with Crippen LogP contribution in [0.3, 0.4) is 0 Å². The van der Waals surface area contributed by atoms with E-state index in [0.29, 0.717) is 40.9 Å². The van der Waals surface area contributed by atoms with Crippen LogP contribution < -0.4 is 15.8 Å². The zero-order valence-electron chi connectivity index (χ0n) is 21.2. The molecule has 2 aromatic carbocycles. The number of hydrogen-bond donors (Lipinski definition) is 4. The smallest absolute Gasteiger partial charge is 0.416 e. The number of aliphatic hydroxyl groups is 2. The van der Waals surface area contributed by atoms with Crippen LogP contribution in [0.1, 0.15) is 11.8 Å². The number of imidazole rings is 1. The first kappa shape index (κ1) is 26.3. The van der Waals surface area contributed by atoms with Crippen molar-refractivity contribution in [1.82, 2.24) is 29.4 Å². The lowest BCUT2D eigenvalue weighted by Gasteiger charge is -2.17. The summed E-state index contributed by atoms with van der Waals surface area (Å²) in [5.74, 6) is 0.746. The fraction of sp³-hybridized carbons (Fsp3) is 0.346. The molecule has 4 unspecified atom stereocenters. The summed E-state index contributed by atoms with van der Waals surface area (Å²) in [7, 11) is 1.52. The molecule has 40 heavy (non-hydrogen) atoms. The molecular formula is C26H26F3N7O4. The number of anilines is 1. The van der Waals surface area contributed by atoms with Crippen LogP contribution in [0.15, 0.2) is 49.1 Å². The van der Waals surface area contributed by atoms with E-state index in [1.807, 2.05) is 6.07 Å². The fourth-order valence-electron chi connectivity index (χ4n) is 5.32. The van der Waals surface area contributed by atoms with Crippen LogP contribution >= 0.6 is 0 Å². The normalized spacial score (nSPS) is 21.6. The minimum atomic E-state index is -4.48. The van der Waals surface area contributed by atoms with Crippen LogP contribution in [0.2, 0.25) is 0 Å². The van der Waals surface area contributed by atoms with Crippen LogP contribution in [0.4, 0.5) is 19.0 Å². The molecule has 0 amide bonds. The summed E-state index contributed by atoms with van der Waals surface area (Å²) in [6.45, 7) is 0.843. The Labute approximate surface area is 225 Å². The Morgan fingerprint density at radius 1 is 1.10 bits per heavy atom. The van der Waals surface area contributed by atoms with Crippen molar-refractivity contribution < 1.29 is 32.9 Å². The maximum absolute atomic E-state index is 13.5. The van der Waals surface area contributed by atoms with Gasteiger partial charge in [-0.2, -0.15) is 13.2 Å². The molecule has 5 aromatic rings. The number of aromatic nitrogens is 5. The topological polar surface area (TPSA) is 146 Å². The van der Waals surface area contributed by atoms with E-state index in [9.17, 15) is 23.4 Å². The summed E-state index contributed by atoms with van der Waals surface area (Å²) in [5, 5.41) is 25.9. The van der Waals surface area contributed by atoms with Crippen molar-refractivity contribution in [2.45, 2.75) is 37.3 Å². The Morgan fingerprint density at radius 2 is 1.93 bits per heavy atom. The summed E-state index contributed by atoms with van der Waals surface area (Å²) < 4.78 is 55.3. The van der Waals surface area contributed by atoms with Gasteiger partial charge in [0.25, 0.3) is 0 Å². The number of alkyl halides is 3. The molecule has 6 rings (SSSR count). The Balaban J connectivity index is 1.20. The standard InChI is InChI=1S/C26H26F3N7O4/c1-39-17-4-2-3-15-19(17)14-6-5-13(26(27,28)29)9-16(14)35(15)8-7-31-10-18-21(37)22(38)25(40-18)36-12-34-20-23(30)32-11-33-24(20)36/h2-6,9,11-12,18,21-22,25,31,37-38H,7-8,10H2,1H3,(H2,30,32,33). The molecule has 210 valence electrons. The van der Waals surface area contributed by atoms with Gasteiger partial charge in [0.05, 0.1) is 24.5 Å². The van der Waals surface area contributed by atoms with Crippen molar-refractivity contribution in [3.8, 4) is 5.75 Å². The molecule has 4 atom stereocenters. The van der Waals surface area contributed by atoms with E-state index in [1.54, 1.807) is 16.7 Å². The highest BCUT2D eigenvalue weighted by Gasteiger charge is 2.44. The Morgan fingerprint density at radius 3 is 2.70 bits per heavy atom. The lowest BCUT2D eigenvalue weighted by atomic mass is 10.1. The monoisotopic (exact) mass is 557 g/mol. The predicted molar refractivity (Wildman–Crippen MR) is 140 cm³/mol. The molecule has 3 aromatic heterocycles. The molecule has 11 nitrogen and oxygen atoms in total. The third kappa shape index (κ3) is 4.29. The summed E-state index contributed by atoms with van der Waals surface area (Å²) in [6, 6.07) is 9.08. The molecule has 1 aliphatic rings. The highest BCUT2D eigenvalue weighted by atomic mass is 19.4. The molecule has 0 bridgehead atoms. The first-order chi connectivity index (χ1) is 19.2. The molecule has 0 spiro atoms. The minimum absolute atomic E-state index is 0.173. The van der Waals surface area contributed by atoms with Crippen molar-refractivity contribution in [3.63, 3.8) is 0 Å². The zero-order chi connectivity index (χ0) is 28.2. The van der Waals surface area contributed by atoms with Gasteiger partial charge in [-0.15, -0.1) is 0 Å². The van der Waals surface area contributed by atoms with Gasteiger partial charge >= 0.3 is 6.18 Å². The van der Waals surface area contributed by atoms with Gasteiger partial charge in [0.15, 0.2) is 17.7 Å². The first-order valence-electron chi connectivity index (χ1n) is 12.5. The average molecular weight is 558 g/mol. The maximum atomic E-state index is 13.5.